The van der Waals surface area contributed by atoms with Crippen LogP contribution in [0.3, 0.4) is 0 Å². The molecular formula is C31H34FN3O6. The molecule has 0 bridgehead atoms. The number of amides is 1. The first-order chi connectivity index (χ1) is 19.7. The number of carbonyl (C=O) groups excluding carboxylic acids is 1. The summed E-state index contributed by atoms with van der Waals surface area (Å²) < 4.78 is 19.2. The molecule has 0 spiro atoms. The van der Waals surface area contributed by atoms with Gasteiger partial charge in [-0.15, -0.1) is 0 Å². The summed E-state index contributed by atoms with van der Waals surface area (Å²) in [6.07, 6.45) is 8.31. The predicted molar refractivity (Wildman–Crippen MR) is 154 cm³/mol. The van der Waals surface area contributed by atoms with Gasteiger partial charge >= 0.3 is 11.9 Å². The molecule has 41 heavy (non-hydrogen) atoms. The number of hydrogen-bond acceptors (Lipinski definition) is 5. The number of furan rings is 1. The maximum absolute atomic E-state index is 13.2. The van der Waals surface area contributed by atoms with E-state index in [0.717, 1.165) is 55.6 Å². The summed E-state index contributed by atoms with van der Waals surface area (Å²) in [6, 6.07) is 13.3. The van der Waals surface area contributed by atoms with E-state index in [1.54, 1.807) is 0 Å². The molecule has 0 aliphatic heterocycles. The van der Waals surface area contributed by atoms with E-state index in [1.807, 2.05) is 37.5 Å². The highest BCUT2D eigenvalue weighted by atomic mass is 19.1. The molecule has 10 heteroatoms. The summed E-state index contributed by atoms with van der Waals surface area (Å²) in [5.74, 6) is -2.24. The second-order valence-electron chi connectivity index (χ2n) is 9.42. The van der Waals surface area contributed by atoms with Crippen LogP contribution in [0.25, 0.3) is 11.0 Å². The number of hydrogen-bond donors (Lipinski definition) is 4. The minimum absolute atomic E-state index is 0.270. The summed E-state index contributed by atoms with van der Waals surface area (Å²) in [6.45, 7) is 7.10. The third-order valence-corrected chi connectivity index (χ3v) is 6.30. The molecule has 2 aromatic carbocycles. The highest BCUT2D eigenvalue weighted by molar-refractivity contribution is 6.05. The van der Waals surface area contributed by atoms with Crippen molar-refractivity contribution < 1.29 is 33.4 Å². The van der Waals surface area contributed by atoms with Crippen LogP contribution in [-0.4, -0.2) is 51.0 Å². The second-order valence-corrected chi connectivity index (χ2v) is 9.42. The van der Waals surface area contributed by atoms with Crippen LogP contribution >= 0.6 is 0 Å². The summed E-state index contributed by atoms with van der Waals surface area (Å²) in [7, 11) is 0. The van der Waals surface area contributed by atoms with Crippen LogP contribution in [0.15, 0.2) is 77.5 Å². The number of aromatic amines is 1. The van der Waals surface area contributed by atoms with Gasteiger partial charge in [-0.1, -0.05) is 13.3 Å². The van der Waals surface area contributed by atoms with Gasteiger partial charge in [0.1, 0.15) is 17.2 Å². The number of carbonyl (C=O) groups is 3. The number of aliphatic carboxylic acids is 2. The van der Waals surface area contributed by atoms with Crippen molar-refractivity contribution >= 4 is 34.5 Å². The maximum atomic E-state index is 13.2. The molecule has 2 heterocycles. The van der Waals surface area contributed by atoms with Crippen LogP contribution < -0.4 is 5.32 Å². The smallest absolute Gasteiger partial charge is 0.328 e. The number of nitrogens with one attached hydrogen (secondary N) is 2. The minimum atomic E-state index is -1.26. The van der Waals surface area contributed by atoms with Crippen molar-refractivity contribution in [1.29, 1.82) is 0 Å². The van der Waals surface area contributed by atoms with Gasteiger partial charge in [0.25, 0.3) is 5.91 Å². The van der Waals surface area contributed by atoms with Crippen LogP contribution in [0, 0.1) is 12.7 Å². The molecule has 0 aliphatic rings. The maximum Gasteiger partial charge on any atom is 0.328 e. The zero-order valence-electron chi connectivity index (χ0n) is 23.0. The van der Waals surface area contributed by atoms with Gasteiger partial charge < -0.3 is 24.9 Å². The highest BCUT2D eigenvalue weighted by Gasteiger charge is 2.15. The second kappa shape index (κ2) is 15.2. The lowest BCUT2D eigenvalue weighted by Gasteiger charge is -2.21. The van der Waals surface area contributed by atoms with Crippen molar-refractivity contribution in [3.8, 4) is 0 Å². The molecule has 0 unspecified atom stereocenters. The van der Waals surface area contributed by atoms with Gasteiger partial charge in [0.2, 0.25) is 0 Å². The molecule has 0 radical (unpaired) electrons. The van der Waals surface area contributed by atoms with Crippen molar-refractivity contribution in [1.82, 2.24) is 9.88 Å². The van der Waals surface area contributed by atoms with Crippen molar-refractivity contribution in [3.63, 3.8) is 0 Å². The molecule has 0 atom stereocenters. The number of rotatable bonds is 12. The Morgan fingerprint density at radius 3 is 2.34 bits per heavy atom. The minimum Gasteiger partial charge on any atom is -0.478 e. The van der Waals surface area contributed by atoms with Gasteiger partial charge in [0.05, 0.1) is 0 Å². The van der Waals surface area contributed by atoms with E-state index in [9.17, 15) is 18.8 Å². The number of nitrogens with zero attached hydrogens (tertiary/aromatic N) is 1. The van der Waals surface area contributed by atoms with Crippen LogP contribution in [-0.2, 0) is 22.6 Å². The van der Waals surface area contributed by atoms with Gasteiger partial charge in [-0.3, -0.25) is 9.69 Å². The summed E-state index contributed by atoms with van der Waals surface area (Å²) in [4.78, 5) is 37.3. The fourth-order valence-electron chi connectivity index (χ4n) is 4.24. The number of unbranched alkanes of at least 4 members (excludes halogenated alkanes) is 1. The number of halogens is 1. The van der Waals surface area contributed by atoms with Crippen LogP contribution in [0.5, 0.6) is 0 Å². The lowest BCUT2D eigenvalue weighted by molar-refractivity contribution is -0.134. The zero-order valence-corrected chi connectivity index (χ0v) is 23.0. The topological polar surface area (TPSA) is 136 Å². The van der Waals surface area contributed by atoms with Crippen LogP contribution in [0.2, 0.25) is 0 Å². The van der Waals surface area contributed by atoms with E-state index in [1.165, 1.54) is 35.4 Å². The highest BCUT2D eigenvalue weighted by Crippen LogP contribution is 2.29. The molecule has 0 fully saturated rings. The van der Waals surface area contributed by atoms with Crippen LogP contribution in [0.1, 0.15) is 47.0 Å². The predicted octanol–water partition coefficient (Wildman–Crippen LogP) is 6.02. The Kier molecular flexibility index (Phi) is 11.4. The normalized spacial score (nSPS) is 11.0. The Bertz CT molecular complexity index is 1460. The Morgan fingerprint density at radius 2 is 1.73 bits per heavy atom. The Morgan fingerprint density at radius 1 is 1.02 bits per heavy atom. The summed E-state index contributed by atoms with van der Waals surface area (Å²) >= 11 is 0. The zero-order chi connectivity index (χ0) is 29.8. The Balaban J connectivity index is 0.000000507. The molecule has 4 rings (SSSR count). The quantitative estimate of drug-likeness (QED) is 0.155. The molecule has 2 aromatic heterocycles. The SMILES string of the molecule is CCCCN(CCc1c(C)oc2ccc(NC(=O)c3ccc(F)cc3)cc12)Cc1cc[nH]c1.O=C(O)/C=C\C(=O)O. The van der Waals surface area contributed by atoms with Gasteiger partial charge in [-0.05, 0) is 80.4 Å². The standard InChI is InChI=1S/C27H30FN3O2.C4H4O4/c1-3-4-14-31(18-20-11-13-29-17-20)15-12-24-19(2)33-26-10-9-23(16-25(24)26)30-27(32)21-5-7-22(28)8-6-21;5-3(6)1-2-4(7)8/h5-11,13,16-17,29H,3-4,12,14-15,18H2,1-2H3,(H,30,32);1-2H,(H,5,6)(H,7,8)/b;2-1-. The molecule has 0 saturated carbocycles. The van der Waals surface area contributed by atoms with E-state index in [0.29, 0.717) is 23.4 Å². The van der Waals surface area contributed by atoms with Gasteiger partial charge in [-0.2, -0.15) is 0 Å². The molecular weight excluding hydrogens is 529 g/mol. The fourth-order valence-corrected chi connectivity index (χ4v) is 4.24. The lowest BCUT2D eigenvalue weighted by atomic mass is 10.1. The van der Waals surface area contributed by atoms with E-state index in [-0.39, 0.29) is 11.7 Å². The number of benzene rings is 2. The monoisotopic (exact) mass is 563 g/mol. The Labute approximate surface area is 237 Å². The summed E-state index contributed by atoms with van der Waals surface area (Å²) in [5.41, 5.74) is 4.36. The number of fused-ring (bicyclic) bond motifs is 1. The first kappa shape index (κ1) is 30.8. The lowest BCUT2D eigenvalue weighted by Crippen LogP contribution is -2.26. The van der Waals surface area contributed by atoms with E-state index >= 15 is 0 Å². The molecule has 4 aromatic rings. The average molecular weight is 564 g/mol. The number of aryl methyl sites for hydroxylation is 1. The first-order valence-electron chi connectivity index (χ1n) is 13.2. The van der Waals surface area contributed by atoms with Gasteiger partial charge in [0.15, 0.2) is 0 Å². The molecule has 9 nitrogen and oxygen atoms in total. The first-order valence-corrected chi connectivity index (χ1v) is 13.2. The molecule has 4 N–H and O–H groups in total. The number of anilines is 1. The third kappa shape index (κ3) is 9.77. The number of H-pyrrole nitrogens is 1. The average Bonchev–Trinajstić information content (AvgIpc) is 3.56. The largest absolute Gasteiger partial charge is 0.478 e. The van der Waals surface area contributed by atoms with Crippen molar-refractivity contribution in [2.75, 3.05) is 18.4 Å². The van der Waals surface area contributed by atoms with Crippen molar-refractivity contribution in [3.05, 3.63) is 101 Å². The molecule has 1 amide bonds. The van der Waals surface area contributed by atoms with E-state index < -0.39 is 11.9 Å². The number of aromatic nitrogens is 1. The van der Waals surface area contributed by atoms with Crippen molar-refractivity contribution in [2.45, 2.75) is 39.7 Å². The van der Waals surface area contributed by atoms with Crippen LogP contribution in [0.4, 0.5) is 10.1 Å². The molecule has 0 aliphatic carbocycles. The van der Waals surface area contributed by atoms with Gasteiger partial charge in [-0.25, -0.2) is 14.0 Å². The summed E-state index contributed by atoms with van der Waals surface area (Å²) in [5, 5.41) is 19.6. The Hall–Kier alpha value is -4.70. The fraction of sp³-hybridized carbons (Fsp3) is 0.258. The molecule has 216 valence electrons. The number of carboxylic acids is 2. The van der Waals surface area contributed by atoms with E-state index in [4.69, 9.17) is 14.6 Å². The van der Waals surface area contributed by atoms with E-state index in [2.05, 4.69) is 28.2 Å². The van der Waals surface area contributed by atoms with Gasteiger partial charge in [0, 0.05) is 59.8 Å². The van der Waals surface area contributed by atoms with Crippen molar-refractivity contribution in [2.24, 2.45) is 0 Å². The molecule has 0 saturated heterocycles. The third-order valence-electron chi connectivity index (χ3n) is 6.30. The number of carboxylic acid groups (broad SMARTS) is 2.